The van der Waals surface area contributed by atoms with Crippen LogP contribution in [0.3, 0.4) is 0 Å². The maximum atomic E-state index is 12.6. The minimum Gasteiger partial charge on any atom is -0.381 e. The molecule has 0 bridgehead atoms. The Hall–Kier alpha value is -0.290. The first-order chi connectivity index (χ1) is 8.97. The molecule has 19 heavy (non-hydrogen) atoms. The molecule has 1 saturated heterocycles. The maximum Gasteiger partial charge on any atom is 0.391 e. The van der Waals surface area contributed by atoms with Gasteiger partial charge < -0.3 is 10.5 Å². The summed E-state index contributed by atoms with van der Waals surface area (Å²) < 4.78 is 43.1. The van der Waals surface area contributed by atoms with Gasteiger partial charge in [-0.1, -0.05) is 0 Å². The lowest BCUT2D eigenvalue weighted by molar-refractivity contribution is -0.184. The molecule has 0 spiro atoms. The third-order valence-electron chi connectivity index (χ3n) is 4.79. The number of alkyl halides is 3. The Labute approximate surface area is 112 Å². The molecule has 2 aliphatic rings. The van der Waals surface area contributed by atoms with Crippen LogP contribution in [0.5, 0.6) is 0 Å². The summed E-state index contributed by atoms with van der Waals surface area (Å²) in [5, 5.41) is 0. The summed E-state index contributed by atoms with van der Waals surface area (Å²) in [7, 11) is 0. The summed E-state index contributed by atoms with van der Waals surface area (Å²) in [6, 6.07) is 0.0669. The minimum atomic E-state index is -4.02. The van der Waals surface area contributed by atoms with Crippen LogP contribution < -0.4 is 5.73 Å². The van der Waals surface area contributed by atoms with E-state index in [2.05, 4.69) is 0 Å². The van der Waals surface area contributed by atoms with Gasteiger partial charge in [0, 0.05) is 19.3 Å². The molecule has 2 fully saturated rings. The summed E-state index contributed by atoms with van der Waals surface area (Å²) in [5.74, 6) is -0.218. The molecule has 1 aliphatic heterocycles. The molecule has 1 atom stereocenters. The van der Waals surface area contributed by atoms with Crippen molar-refractivity contribution in [2.24, 2.45) is 23.5 Å². The van der Waals surface area contributed by atoms with E-state index in [0.717, 1.165) is 32.5 Å². The Morgan fingerprint density at radius 1 is 1.00 bits per heavy atom. The molecular weight excluding hydrogens is 255 g/mol. The predicted octanol–water partition coefficient (Wildman–Crippen LogP) is 3.50. The van der Waals surface area contributed by atoms with Gasteiger partial charge in [-0.3, -0.25) is 0 Å². The number of rotatable bonds is 3. The quantitative estimate of drug-likeness (QED) is 0.858. The highest BCUT2D eigenvalue weighted by molar-refractivity contribution is 4.84. The van der Waals surface area contributed by atoms with E-state index in [-0.39, 0.29) is 24.8 Å². The second kappa shape index (κ2) is 6.44. The molecule has 1 aliphatic carbocycles. The fourth-order valence-corrected chi connectivity index (χ4v) is 3.43. The Bertz CT molecular complexity index is 268. The summed E-state index contributed by atoms with van der Waals surface area (Å²) in [6.07, 6.45) is 0.812. The van der Waals surface area contributed by atoms with Crippen LogP contribution in [0.4, 0.5) is 13.2 Å². The third kappa shape index (κ3) is 4.35. The smallest absolute Gasteiger partial charge is 0.381 e. The Morgan fingerprint density at radius 3 is 2.11 bits per heavy atom. The second-order valence-electron chi connectivity index (χ2n) is 6.11. The van der Waals surface area contributed by atoms with Gasteiger partial charge in [-0.25, -0.2) is 0 Å². The van der Waals surface area contributed by atoms with Crippen LogP contribution in [0.1, 0.15) is 44.9 Å². The van der Waals surface area contributed by atoms with Crippen LogP contribution in [0.15, 0.2) is 0 Å². The SMILES string of the molecule is NC(CC1CCOCC1)C1CCC(C(F)(F)F)CC1. The van der Waals surface area contributed by atoms with Gasteiger partial charge in [0.1, 0.15) is 0 Å². The van der Waals surface area contributed by atoms with E-state index in [4.69, 9.17) is 10.5 Å². The molecule has 1 heterocycles. The molecule has 1 saturated carbocycles. The van der Waals surface area contributed by atoms with Crippen molar-refractivity contribution in [1.29, 1.82) is 0 Å². The zero-order valence-electron chi connectivity index (χ0n) is 11.3. The van der Waals surface area contributed by atoms with E-state index in [9.17, 15) is 13.2 Å². The molecule has 1 unspecified atom stereocenters. The average molecular weight is 279 g/mol. The number of ether oxygens (including phenoxy) is 1. The van der Waals surface area contributed by atoms with Crippen molar-refractivity contribution >= 4 is 0 Å². The highest BCUT2D eigenvalue weighted by Gasteiger charge is 2.42. The first-order valence-corrected chi connectivity index (χ1v) is 7.37. The van der Waals surface area contributed by atoms with Crippen molar-refractivity contribution in [1.82, 2.24) is 0 Å². The zero-order valence-corrected chi connectivity index (χ0v) is 11.3. The number of nitrogens with two attached hydrogens (primary N) is 1. The molecule has 5 heteroatoms. The highest BCUT2D eigenvalue weighted by Crippen LogP contribution is 2.41. The summed E-state index contributed by atoms with van der Waals surface area (Å²) >= 11 is 0. The number of halogens is 3. The first-order valence-electron chi connectivity index (χ1n) is 7.37. The van der Waals surface area contributed by atoms with E-state index in [1.165, 1.54) is 0 Å². The lowest BCUT2D eigenvalue weighted by Crippen LogP contribution is -2.38. The van der Waals surface area contributed by atoms with Crippen molar-refractivity contribution in [2.75, 3.05) is 13.2 Å². The Morgan fingerprint density at radius 2 is 1.58 bits per heavy atom. The van der Waals surface area contributed by atoms with Crippen LogP contribution >= 0.6 is 0 Å². The molecule has 2 rings (SSSR count). The highest BCUT2D eigenvalue weighted by atomic mass is 19.4. The van der Waals surface area contributed by atoms with E-state index in [1.807, 2.05) is 0 Å². The Balaban J connectivity index is 1.74. The largest absolute Gasteiger partial charge is 0.391 e. The van der Waals surface area contributed by atoms with Crippen LogP contribution in [-0.2, 0) is 4.74 Å². The van der Waals surface area contributed by atoms with Crippen molar-refractivity contribution in [3.8, 4) is 0 Å². The lowest BCUT2D eigenvalue weighted by atomic mass is 9.76. The molecule has 0 aromatic carbocycles. The summed E-state index contributed by atoms with van der Waals surface area (Å²) in [4.78, 5) is 0. The standard InChI is InChI=1S/C14H24F3NO/c15-14(16,17)12-3-1-11(2-4-12)13(18)9-10-5-7-19-8-6-10/h10-13H,1-9,18H2. The van der Waals surface area contributed by atoms with Gasteiger partial charge in [-0.15, -0.1) is 0 Å². The van der Waals surface area contributed by atoms with Crippen LogP contribution in [0, 0.1) is 17.8 Å². The van der Waals surface area contributed by atoms with Crippen LogP contribution in [-0.4, -0.2) is 25.4 Å². The van der Waals surface area contributed by atoms with Crippen LogP contribution in [0.2, 0.25) is 0 Å². The maximum absolute atomic E-state index is 12.6. The zero-order chi connectivity index (χ0) is 13.9. The Kier molecular flexibility index (Phi) is 5.12. The van der Waals surface area contributed by atoms with Gasteiger partial charge in [0.25, 0.3) is 0 Å². The summed E-state index contributed by atoms with van der Waals surface area (Å²) in [6.45, 7) is 1.61. The van der Waals surface area contributed by atoms with Crippen molar-refractivity contribution in [3.05, 3.63) is 0 Å². The molecule has 0 amide bonds. The molecule has 2 nitrogen and oxygen atoms in total. The van der Waals surface area contributed by atoms with Crippen LogP contribution in [0.25, 0.3) is 0 Å². The van der Waals surface area contributed by atoms with Gasteiger partial charge in [-0.2, -0.15) is 13.2 Å². The average Bonchev–Trinajstić information content (AvgIpc) is 2.39. The van der Waals surface area contributed by atoms with Gasteiger partial charge in [-0.05, 0) is 56.8 Å². The number of hydrogen-bond donors (Lipinski definition) is 1. The molecule has 0 aromatic rings. The fraction of sp³-hybridized carbons (Fsp3) is 1.00. The fourth-order valence-electron chi connectivity index (χ4n) is 3.43. The monoisotopic (exact) mass is 279 g/mol. The predicted molar refractivity (Wildman–Crippen MR) is 67.6 cm³/mol. The van der Waals surface area contributed by atoms with Crippen molar-refractivity contribution in [3.63, 3.8) is 0 Å². The lowest BCUT2D eigenvalue weighted by Gasteiger charge is -2.35. The van der Waals surface area contributed by atoms with E-state index in [0.29, 0.717) is 18.8 Å². The van der Waals surface area contributed by atoms with Crippen molar-refractivity contribution < 1.29 is 17.9 Å². The van der Waals surface area contributed by atoms with E-state index >= 15 is 0 Å². The molecule has 2 N–H and O–H groups in total. The van der Waals surface area contributed by atoms with Gasteiger partial charge in [0.2, 0.25) is 0 Å². The minimum absolute atomic E-state index is 0.0669. The van der Waals surface area contributed by atoms with Gasteiger partial charge in [0.15, 0.2) is 0 Å². The topological polar surface area (TPSA) is 35.2 Å². The van der Waals surface area contributed by atoms with Gasteiger partial charge in [0.05, 0.1) is 5.92 Å². The molecule has 0 aromatic heterocycles. The van der Waals surface area contributed by atoms with Crippen molar-refractivity contribution in [2.45, 2.75) is 57.2 Å². The summed E-state index contributed by atoms with van der Waals surface area (Å²) in [5.41, 5.74) is 6.21. The molecule has 0 radical (unpaired) electrons. The molecular formula is C14H24F3NO. The normalized spacial score (nSPS) is 32.2. The first kappa shape index (κ1) is 15.1. The molecule has 112 valence electrons. The van der Waals surface area contributed by atoms with Gasteiger partial charge >= 0.3 is 6.18 Å². The third-order valence-corrected chi connectivity index (χ3v) is 4.79. The number of hydrogen-bond acceptors (Lipinski definition) is 2. The van der Waals surface area contributed by atoms with E-state index in [1.54, 1.807) is 0 Å². The van der Waals surface area contributed by atoms with E-state index < -0.39 is 12.1 Å². The second-order valence-corrected chi connectivity index (χ2v) is 6.11.